The van der Waals surface area contributed by atoms with Gasteiger partial charge in [-0.1, -0.05) is 18.2 Å². The molecular formula is C16H20N4O4. The van der Waals surface area contributed by atoms with Crippen LogP contribution < -0.4 is 15.5 Å². The number of amides is 4. The Labute approximate surface area is 139 Å². The van der Waals surface area contributed by atoms with Gasteiger partial charge in [-0.3, -0.25) is 4.79 Å². The molecule has 0 bridgehead atoms. The van der Waals surface area contributed by atoms with E-state index in [4.69, 9.17) is 0 Å². The van der Waals surface area contributed by atoms with Crippen LogP contribution in [0.25, 0.3) is 0 Å². The number of nitrogens with one attached hydrogen (secondary N) is 2. The van der Waals surface area contributed by atoms with Crippen LogP contribution in [0.3, 0.4) is 0 Å². The first-order valence-corrected chi connectivity index (χ1v) is 7.64. The lowest BCUT2D eigenvalue weighted by Gasteiger charge is -2.37. The molecular weight excluding hydrogens is 312 g/mol. The summed E-state index contributed by atoms with van der Waals surface area (Å²) in [5.41, 5.74) is 0.367. The number of hydrogen-bond donors (Lipinski definition) is 2. The monoisotopic (exact) mass is 332 g/mol. The summed E-state index contributed by atoms with van der Waals surface area (Å²) in [7, 11) is 0. The van der Waals surface area contributed by atoms with Crippen LogP contribution in [0.2, 0.25) is 0 Å². The first-order chi connectivity index (χ1) is 11.6. The standard InChI is InChI=1S/C16H20N4O4/c1-12(22)14-11-17-7-9-19(14)16(24)20(15(23)18-8-10-21)13-5-3-2-4-6-13/h2-6,10,14,17H,7-9,11H2,1H3,(H,18,23). The van der Waals surface area contributed by atoms with E-state index in [0.29, 0.717) is 31.6 Å². The summed E-state index contributed by atoms with van der Waals surface area (Å²) in [5.74, 6) is -0.156. The maximum absolute atomic E-state index is 12.9. The largest absolute Gasteiger partial charge is 0.333 e. The number of anilines is 1. The van der Waals surface area contributed by atoms with Crippen LogP contribution in [0, 0.1) is 0 Å². The number of rotatable bonds is 4. The zero-order valence-corrected chi connectivity index (χ0v) is 13.4. The SMILES string of the molecule is CC(=O)C1CNCCN1C(=O)N(C(=O)NCC=O)c1ccccc1. The van der Waals surface area contributed by atoms with Crippen LogP contribution in [0.1, 0.15) is 6.92 Å². The van der Waals surface area contributed by atoms with Gasteiger partial charge in [0.05, 0.1) is 12.2 Å². The summed E-state index contributed by atoms with van der Waals surface area (Å²) in [6.45, 7) is 2.41. The smallest absolute Gasteiger partial charge is 0.330 e. The van der Waals surface area contributed by atoms with Crippen molar-refractivity contribution in [1.82, 2.24) is 15.5 Å². The van der Waals surface area contributed by atoms with E-state index < -0.39 is 18.1 Å². The molecule has 2 N–H and O–H groups in total. The van der Waals surface area contributed by atoms with Gasteiger partial charge in [-0.05, 0) is 19.1 Å². The van der Waals surface area contributed by atoms with E-state index >= 15 is 0 Å². The van der Waals surface area contributed by atoms with Gasteiger partial charge in [0.25, 0.3) is 0 Å². The average molecular weight is 332 g/mol. The second-order valence-electron chi connectivity index (χ2n) is 5.33. The molecule has 0 aliphatic carbocycles. The Balaban J connectivity index is 2.31. The Morgan fingerprint density at radius 2 is 2.04 bits per heavy atom. The number of carbonyl (C=O) groups excluding carboxylic acids is 4. The van der Waals surface area contributed by atoms with Crippen molar-refractivity contribution in [2.45, 2.75) is 13.0 Å². The summed E-state index contributed by atoms with van der Waals surface area (Å²) in [5, 5.41) is 5.43. The van der Waals surface area contributed by atoms with E-state index in [-0.39, 0.29) is 12.3 Å². The minimum atomic E-state index is -0.709. The van der Waals surface area contributed by atoms with Crippen molar-refractivity contribution < 1.29 is 19.2 Å². The number of aldehydes is 1. The van der Waals surface area contributed by atoms with Gasteiger partial charge in [0.1, 0.15) is 12.3 Å². The number of benzene rings is 1. The quantitative estimate of drug-likeness (QED) is 0.777. The maximum atomic E-state index is 12.9. The second-order valence-corrected chi connectivity index (χ2v) is 5.33. The Morgan fingerprint density at radius 3 is 2.67 bits per heavy atom. The highest BCUT2D eigenvalue weighted by Gasteiger charge is 2.35. The molecule has 4 amide bonds. The number of ketones is 1. The van der Waals surface area contributed by atoms with Gasteiger partial charge in [0.2, 0.25) is 0 Å². The fraction of sp³-hybridized carbons (Fsp3) is 0.375. The lowest BCUT2D eigenvalue weighted by Crippen LogP contribution is -2.61. The van der Waals surface area contributed by atoms with Gasteiger partial charge in [-0.2, -0.15) is 0 Å². The van der Waals surface area contributed by atoms with Crippen molar-refractivity contribution in [1.29, 1.82) is 0 Å². The van der Waals surface area contributed by atoms with Crippen LogP contribution in [-0.2, 0) is 9.59 Å². The zero-order chi connectivity index (χ0) is 17.5. The van der Waals surface area contributed by atoms with Crippen molar-refractivity contribution in [2.24, 2.45) is 0 Å². The molecule has 8 heteroatoms. The van der Waals surface area contributed by atoms with E-state index in [1.54, 1.807) is 30.3 Å². The van der Waals surface area contributed by atoms with Crippen LogP contribution in [0.15, 0.2) is 30.3 Å². The van der Waals surface area contributed by atoms with Crippen molar-refractivity contribution in [3.63, 3.8) is 0 Å². The van der Waals surface area contributed by atoms with Crippen molar-refractivity contribution in [2.75, 3.05) is 31.1 Å². The van der Waals surface area contributed by atoms with Gasteiger partial charge >= 0.3 is 12.1 Å². The van der Waals surface area contributed by atoms with Crippen LogP contribution in [-0.4, -0.2) is 61.3 Å². The summed E-state index contributed by atoms with van der Waals surface area (Å²) in [6, 6.07) is 6.46. The number of imide groups is 1. The number of nitrogens with zero attached hydrogens (tertiary/aromatic N) is 2. The highest BCUT2D eigenvalue weighted by atomic mass is 16.2. The lowest BCUT2D eigenvalue weighted by atomic mass is 10.1. The summed E-state index contributed by atoms with van der Waals surface area (Å²) >= 11 is 0. The topological polar surface area (TPSA) is 98.8 Å². The van der Waals surface area contributed by atoms with E-state index in [1.807, 2.05) is 0 Å². The molecule has 0 aromatic heterocycles. The molecule has 2 rings (SSSR count). The predicted molar refractivity (Wildman–Crippen MR) is 87.8 cm³/mol. The van der Waals surface area contributed by atoms with Crippen LogP contribution >= 0.6 is 0 Å². The summed E-state index contributed by atoms with van der Waals surface area (Å²) in [6.07, 6.45) is 0.536. The Morgan fingerprint density at radius 1 is 1.33 bits per heavy atom. The van der Waals surface area contributed by atoms with E-state index in [9.17, 15) is 19.2 Å². The molecule has 1 unspecified atom stereocenters. The molecule has 1 atom stereocenters. The van der Waals surface area contributed by atoms with Crippen molar-refractivity contribution >= 4 is 29.8 Å². The Hall–Kier alpha value is -2.74. The van der Waals surface area contributed by atoms with Gasteiger partial charge in [-0.25, -0.2) is 14.5 Å². The first kappa shape index (κ1) is 17.6. The summed E-state index contributed by atoms with van der Waals surface area (Å²) < 4.78 is 0. The molecule has 1 heterocycles. The number of piperazine rings is 1. The molecule has 1 aromatic rings. The predicted octanol–water partition coefficient (Wildman–Crippen LogP) is 0.384. The minimum absolute atomic E-state index is 0.156. The fourth-order valence-electron chi connectivity index (χ4n) is 2.52. The molecule has 0 saturated carbocycles. The van der Waals surface area contributed by atoms with Crippen molar-refractivity contribution in [3.05, 3.63) is 30.3 Å². The molecule has 1 fully saturated rings. The molecule has 1 aromatic carbocycles. The Bertz CT molecular complexity index is 620. The molecule has 0 radical (unpaired) electrons. The number of carbonyl (C=O) groups is 4. The van der Waals surface area contributed by atoms with Crippen LogP contribution in [0.4, 0.5) is 15.3 Å². The van der Waals surface area contributed by atoms with E-state index in [0.717, 1.165) is 4.90 Å². The van der Waals surface area contributed by atoms with Gasteiger partial charge in [0, 0.05) is 19.6 Å². The number of Topliss-reactive ketones (excluding diaryl/α,β-unsaturated/α-hetero) is 1. The zero-order valence-electron chi connectivity index (χ0n) is 13.4. The number of urea groups is 2. The van der Waals surface area contributed by atoms with Crippen LogP contribution in [0.5, 0.6) is 0 Å². The van der Waals surface area contributed by atoms with E-state index in [2.05, 4.69) is 10.6 Å². The molecule has 128 valence electrons. The highest BCUT2D eigenvalue weighted by molar-refractivity contribution is 6.14. The number of para-hydroxylation sites is 1. The first-order valence-electron chi connectivity index (χ1n) is 7.64. The second kappa shape index (κ2) is 8.21. The summed E-state index contributed by atoms with van der Waals surface area (Å²) in [4.78, 5) is 50.0. The average Bonchev–Trinajstić information content (AvgIpc) is 2.61. The molecule has 1 aliphatic rings. The third-order valence-electron chi connectivity index (χ3n) is 3.70. The molecule has 8 nitrogen and oxygen atoms in total. The molecule has 0 spiro atoms. The highest BCUT2D eigenvalue weighted by Crippen LogP contribution is 2.18. The van der Waals surface area contributed by atoms with Gasteiger partial charge < -0.3 is 20.3 Å². The fourth-order valence-corrected chi connectivity index (χ4v) is 2.52. The third-order valence-corrected chi connectivity index (χ3v) is 3.70. The molecule has 1 saturated heterocycles. The minimum Gasteiger partial charge on any atom is -0.330 e. The number of hydrogen-bond acceptors (Lipinski definition) is 5. The normalized spacial score (nSPS) is 17.0. The van der Waals surface area contributed by atoms with E-state index in [1.165, 1.54) is 11.8 Å². The third kappa shape index (κ3) is 3.96. The Kier molecular flexibility index (Phi) is 6.02. The van der Waals surface area contributed by atoms with Crippen molar-refractivity contribution in [3.8, 4) is 0 Å². The maximum Gasteiger partial charge on any atom is 0.333 e. The molecule has 1 aliphatic heterocycles. The lowest BCUT2D eigenvalue weighted by molar-refractivity contribution is -0.121. The molecule has 24 heavy (non-hydrogen) atoms. The van der Waals surface area contributed by atoms with Gasteiger partial charge in [-0.15, -0.1) is 0 Å². The van der Waals surface area contributed by atoms with Gasteiger partial charge in [0.15, 0.2) is 5.78 Å².